The second-order valence-corrected chi connectivity index (χ2v) is 5.94. The molecule has 0 radical (unpaired) electrons. The summed E-state index contributed by atoms with van der Waals surface area (Å²) in [5, 5.41) is 3.64. The summed E-state index contributed by atoms with van der Waals surface area (Å²) in [6, 6.07) is 1.56. The molecule has 1 atom stereocenters. The van der Waals surface area contributed by atoms with Gasteiger partial charge in [0.25, 0.3) is 0 Å². The minimum Gasteiger partial charge on any atom is -0.312 e. The van der Waals surface area contributed by atoms with Crippen molar-refractivity contribution in [2.45, 2.75) is 44.2 Å². The van der Waals surface area contributed by atoms with Gasteiger partial charge in [0.2, 0.25) is 0 Å². The van der Waals surface area contributed by atoms with E-state index in [1.807, 2.05) is 0 Å². The molecule has 0 amide bonds. The average molecular weight is 273 g/mol. The molecule has 0 aromatic heterocycles. The Kier molecular flexibility index (Phi) is 4.23. The number of hydrogen-bond donors (Lipinski definition) is 1. The van der Waals surface area contributed by atoms with E-state index >= 15 is 0 Å². The molecule has 2 aliphatic rings. The first-order valence-corrected chi connectivity index (χ1v) is 6.85. The molecule has 2 nitrogen and oxygen atoms in total. The standard InChI is InChI=1S/C12H21BrN2/c1-10(13)9-15-7-3-2-4-12(15)8-14-11-5-6-11/h11-12,14H,1-9H2. The van der Waals surface area contributed by atoms with Gasteiger partial charge >= 0.3 is 0 Å². The Balaban J connectivity index is 1.78. The summed E-state index contributed by atoms with van der Waals surface area (Å²) in [4.78, 5) is 2.57. The van der Waals surface area contributed by atoms with Crippen molar-refractivity contribution in [2.24, 2.45) is 0 Å². The minimum atomic E-state index is 0.730. The fourth-order valence-electron chi connectivity index (χ4n) is 2.31. The van der Waals surface area contributed by atoms with Crippen LogP contribution in [0.25, 0.3) is 0 Å². The first-order chi connectivity index (χ1) is 7.25. The molecule has 0 spiro atoms. The molecule has 1 aliphatic heterocycles. The predicted octanol–water partition coefficient (Wildman–Crippen LogP) is 2.50. The second kappa shape index (κ2) is 5.46. The van der Waals surface area contributed by atoms with E-state index in [0.29, 0.717) is 0 Å². The molecule has 1 aliphatic carbocycles. The number of nitrogens with zero attached hydrogens (tertiary/aromatic N) is 1. The second-order valence-electron chi connectivity index (χ2n) is 4.82. The molecule has 3 heteroatoms. The summed E-state index contributed by atoms with van der Waals surface area (Å²) in [7, 11) is 0. The normalized spacial score (nSPS) is 27.9. The van der Waals surface area contributed by atoms with Gasteiger partial charge in [-0.15, -0.1) is 0 Å². The van der Waals surface area contributed by atoms with Crippen molar-refractivity contribution in [1.29, 1.82) is 0 Å². The van der Waals surface area contributed by atoms with Gasteiger partial charge in [0.15, 0.2) is 0 Å². The molecule has 0 aromatic rings. The molecule has 1 heterocycles. The van der Waals surface area contributed by atoms with E-state index in [-0.39, 0.29) is 0 Å². The SMILES string of the molecule is C=C(Br)CN1CCCCC1CNC1CC1. The molecular weight excluding hydrogens is 252 g/mol. The maximum Gasteiger partial charge on any atom is 0.0297 e. The quantitative estimate of drug-likeness (QED) is 0.828. The van der Waals surface area contributed by atoms with Crippen LogP contribution in [0.4, 0.5) is 0 Å². The Morgan fingerprint density at radius 2 is 2.13 bits per heavy atom. The first-order valence-electron chi connectivity index (χ1n) is 6.06. The van der Waals surface area contributed by atoms with Gasteiger partial charge in [-0.25, -0.2) is 0 Å². The molecule has 0 bridgehead atoms. The predicted molar refractivity (Wildman–Crippen MR) is 68.3 cm³/mol. The zero-order valence-corrected chi connectivity index (χ0v) is 10.9. The highest BCUT2D eigenvalue weighted by molar-refractivity contribution is 9.11. The Morgan fingerprint density at radius 1 is 1.33 bits per heavy atom. The molecule has 2 rings (SSSR count). The molecule has 1 N–H and O–H groups in total. The molecule has 15 heavy (non-hydrogen) atoms. The van der Waals surface area contributed by atoms with Crippen molar-refractivity contribution in [2.75, 3.05) is 19.6 Å². The zero-order valence-electron chi connectivity index (χ0n) is 9.34. The summed E-state index contributed by atoms with van der Waals surface area (Å²) >= 11 is 3.47. The van der Waals surface area contributed by atoms with Crippen LogP contribution in [0.1, 0.15) is 32.1 Å². The zero-order chi connectivity index (χ0) is 10.7. The first kappa shape index (κ1) is 11.6. The summed E-state index contributed by atoms with van der Waals surface area (Å²) < 4.78 is 1.11. The van der Waals surface area contributed by atoms with Crippen molar-refractivity contribution < 1.29 is 0 Å². The summed E-state index contributed by atoms with van der Waals surface area (Å²) in [5.74, 6) is 0. The number of hydrogen-bond acceptors (Lipinski definition) is 2. The average Bonchev–Trinajstić information content (AvgIpc) is 2.99. The fraction of sp³-hybridized carbons (Fsp3) is 0.833. The van der Waals surface area contributed by atoms with E-state index in [2.05, 4.69) is 32.7 Å². The lowest BCUT2D eigenvalue weighted by Crippen LogP contribution is -2.46. The third-order valence-corrected chi connectivity index (χ3v) is 3.59. The van der Waals surface area contributed by atoms with Crippen molar-refractivity contribution in [3.8, 4) is 0 Å². The fourth-order valence-corrected chi connectivity index (χ4v) is 2.63. The largest absolute Gasteiger partial charge is 0.312 e. The Morgan fingerprint density at radius 3 is 2.80 bits per heavy atom. The van der Waals surface area contributed by atoms with Gasteiger partial charge < -0.3 is 5.32 Å². The lowest BCUT2D eigenvalue weighted by atomic mass is 10.0. The number of likely N-dealkylation sites (tertiary alicyclic amines) is 1. The number of piperidine rings is 1. The van der Waals surface area contributed by atoms with Gasteiger partial charge in [0.1, 0.15) is 0 Å². The van der Waals surface area contributed by atoms with E-state index in [0.717, 1.165) is 23.1 Å². The van der Waals surface area contributed by atoms with Gasteiger partial charge in [0.05, 0.1) is 0 Å². The van der Waals surface area contributed by atoms with Crippen LogP contribution in [0.2, 0.25) is 0 Å². The molecule has 2 fully saturated rings. The Labute approximate surface area is 101 Å². The lowest BCUT2D eigenvalue weighted by Gasteiger charge is -2.35. The number of rotatable bonds is 5. The number of nitrogens with one attached hydrogen (secondary N) is 1. The lowest BCUT2D eigenvalue weighted by molar-refractivity contribution is 0.161. The minimum absolute atomic E-state index is 0.730. The molecule has 1 unspecified atom stereocenters. The van der Waals surface area contributed by atoms with Gasteiger partial charge in [-0.05, 0) is 32.2 Å². The van der Waals surface area contributed by atoms with Crippen molar-refractivity contribution in [1.82, 2.24) is 10.2 Å². The highest BCUT2D eigenvalue weighted by Crippen LogP contribution is 2.22. The van der Waals surface area contributed by atoms with Crippen molar-refractivity contribution in [3.05, 3.63) is 11.1 Å². The molecule has 86 valence electrons. The van der Waals surface area contributed by atoms with Crippen molar-refractivity contribution >= 4 is 15.9 Å². The Bertz CT molecular complexity index is 226. The van der Waals surface area contributed by atoms with Crippen LogP contribution >= 0.6 is 15.9 Å². The number of halogens is 1. The molecule has 1 saturated heterocycles. The molecule has 0 aromatic carbocycles. The maximum absolute atomic E-state index is 3.95. The van der Waals surface area contributed by atoms with Crippen molar-refractivity contribution in [3.63, 3.8) is 0 Å². The van der Waals surface area contributed by atoms with Gasteiger partial charge in [-0.2, -0.15) is 0 Å². The monoisotopic (exact) mass is 272 g/mol. The topological polar surface area (TPSA) is 15.3 Å². The van der Waals surface area contributed by atoms with E-state index < -0.39 is 0 Å². The summed E-state index contributed by atoms with van der Waals surface area (Å²) in [6.07, 6.45) is 6.86. The van der Waals surface area contributed by atoms with Gasteiger partial charge in [0, 0.05) is 29.7 Å². The summed E-state index contributed by atoms with van der Waals surface area (Å²) in [5.41, 5.74) is 0. The highest BCUT2D eigenvalue weighted by atomic mass is 79.9. The third-order valence-electron chi connectivity index (χ3n) is 3.34. The summed E-state index contributed by atoms with van der Waals surface area (Å²) in [6.45, 7) is 7.37. The van der Waals surface area contributed by atoms with E-state index in [1.165, 1.54) is 45.2 Å². The van der Waals surface area contributed by atoms with Crippen LogP contribution in [-0.2, 0) is 0 Å². The highest BCUT2D eigenvalue weighted by Gasteiger charge is 2.26. The molecule has 1 saturated carbocycles. The van der Waals surface area contributed by atoms with Crippen LogP contribution in [0.15, 0.2) is 11.1 Å². The van der Waals surface area contributed by atoms with Gasteiger partial charge in [-0.3, -0.25) is 4.90 Å². The van der Waals surface area contributed by atoms with Crippen LogP contribution in [0.5, 0.6) is 0 Å². The Hall–Kier alpha value is 0.140. The smallest absolute Gasteiger partial charge is 0.0297 e. The van der Waals surface area contributed by atoms with Crippen LogP contribution in [0, 0.1) is 0 Å². The van der Waals surface area contributed by atoms with Crippen LogP contribution < -0.4 is 5.32 Å². The maximum atomic E-state index is 3.95. The van der Waals surface area contributed by atoms with E-state index in [4.69, 9.17) is 0 Å². The third kappa shape index (κ3) is 3.89. The van der Waals surface area contributed by atoms with Crippen LogP contribution in [-0.4, -0.2) is 36.6 Å². The van der Waals surface area contributed by atoms with Gasteiger partial charge in [-0.1, -0.05) is 28.9 Å². The molecular formula is C12H21BrN2. The van der Waals surface area contributed by atoms with Crippen LogP contribution in [0.3, 0.4) is 0 Å². The van der Waals surface area contributed by atoms with E-state index in [1.54, 1.807) is 0 Å². The van der Waals surface area contributed by atoms with E-state index in [9.17, 15) is 0 Å².